The molecular weight excluding hydrogens is 352 g/mol. The zero-order chi connectivity index (χ0) is 19.3. The predicted molar refractivity (Wildman–Crippen MR) is 108 cm³/mol. The van der Waals surface area contributed by atoms with Crippen LogP contribution >= 0.6 is 0 Å². The van der Waals surface area contributed by atoms with Crippen molar-refractivity contribution >= 4 is 11.8 Å². The highest BCUT2D eigenvalue weighted by molar-refractivity contribution is 5.77. The largest absolute Gasteiger partial charge is 0.491 e. The lowest BCUT2D eigenvalue weighted by atomic mass is 10.0. The first-order valence-corrected chi connectivity index (χ1v) is 11.0. The summed E-state index contributed by atoms with van der Waals surface area (Å²) in [5.41, 5.74) is 2.23. The summed E-state index contributed by atoms with van der Waals surface area (Å²) in [5, 5.41) is 0. The summed E-state index contributed by atoms with van der Waals surface area (Å²) in [7, 11) is 0. The molecule has 5 nitrogen and oxygen atoms in total. The molecule has 2 fully saturated rings. The van der Waals surface area contributed by atoms with Crippen LogP contribution in [0.1, 0.15) is 62.5 Å². The summed E-state index contributed by atoms with van der Waals surface area (Å²) in [5.74, 6) is 1.97. The maximum atomic E-state index is 12.8. The third-order valence-corrected chi connectivity index (χ3v) is 6.48. The van der Waals surface area contributed by atoms with Gasteiger partial charge in [0.15, 0.2) is 0 Å². The van der Waals surface area contributed by atoms with Crippen molar-refractivity contribution < 1.29 is 14.3 Å². The van der Waals surface area contributed by atoms with E-state index in [1.54, 1.807) is 0 Å². The van der Waals surface area contributed by atoms with Crippen LogP contribution in [0.25, 0.3) is 0 Å². The number of carbonyl (C=O) groups excluding carboxylic acids is 2. The van der Waals surface area contributed by atoms with E-state index in [4.69, 9.17) is 4.74 Å². The van der Waals surface area contributed by atoms with Crippen LogP contribution in [0.15, 0.2) is 18.2 Å². The van der Waals surface area contributed by atoms with Crippen molar-refractivity contribution in [2.45, 2.75) is 64.3 Å². The molecule has 2 aliphatic heterocycles. The molecule has 5 heteroatoms. The van der Waals surface area contributed by atoms with Crippen LogP contribution in [-0.2, 0) is 22.6 Å². The summed E-state index contributed by atoms with van der Waals surface area (Å²) in [6, 6.07) is 6.20. The molecule has 1 aromatic carbocycles. The van der Waals surface area contributed by atoms with E-state index >= 15 is 0 Å². The Morgan fingerprint density at radius 3 is 2.54 bits per heavy atom. The molecule has 2 heterocycles. The minimum Gasteiger partial charge on any atom is -0.491 e. The highest BCUT2D eigenvalue weighted by Gasteiger charge is 2.25. The topological polar surface area (TPSA) is 49.9 Å². The van der Waals surface area contributed by atoms with Gasteiger partial charge in [0.1, 0.15) is 12.4 Å². The summed E-state index contributed by atoms with van der Waals surface area (Å²) < 4.78 is 5.89. The summed E-state index contributed by atoms with van der Waals surface area (Å²) in [4.78, 5) is 29.0. The minimum atomic E-state index is 0.261. The first-order valence-electron chi connectivity index (χ1n) is 11.0. The second-order valence-corrected chi connectivity index (χ2v) is 8.55. The second-order valence-electron chi connectivity index (χ2n) is 8.55. The van der Waals surface area contributed by atoms with Crippen LogP contribution in [0.4, 0.5) is 0 Å². The Morgan fingerprint density at radius 1 is 0.964 bits per heavy atom. The number of hydrogen-bond acceptors (Lipinski definition) is 3. The third-order valence-electron chi connectivity index (χ3n) is 6.48. The molecule has 28 heavy (non-hydrogen) atoms. The molecule has 152 valence electrons. The van der Waals surface area contributed by atoms with Crippen molar-refractivity contribution in [1.82, 2.24) is 9.80 Å². The van der Waals surface area contributed by atoms with Gasteiger partial charge in [-0.2, -0.15) is 0 Å². The van der Waals surface area contributed by atoms with Crippen molar-refractivity contribution in [1.29, 1.82) is 0 Å². The van der Waals surface area contributed by atoms with Crippen molar-refractivity contribution in [3.05, 3.63) is 29.3 Å². The smallest absolute Gasteiger partial charge is 0.223 e. The molecule has 4 rings (SSSR count). The van der Waals surface area contributed by atoms with Gasteiger partial charge in [0.2, 0.25) is 11.8 Å². The molecule has 0 spiro atoms. The molecule has 1 aliphatic carbocycles. The second kappa shape index (κ2) is 8.97. The highest BCUT2D eigenvalue weighted by atomic mass is 16.5. The predicted octanol–water partition coefficient (Wildman–Crippen LogP) is 3.54. The molecule has 0 atom stereocenters. The fraction of sp³-hybridized carbons (Fsp3) is 0.652. The number of nitrogens with zero attached hydrogens (tertiary/aromatic N) is 2. The SMILES string of the molecule is O=C(CCc1ccc2c(c1)CN(C(=O)CC1CCCC1)CCO2)N1CCCC1. The number of likely N-dealkylation sites (tertiary alicyclic amines) is 1. The Kier molecular flexibility index (Phi) is 6.18. The molecular formula is C23H32N2O3. The van der Waals surface area contributed by atoms with Gasteiger partial charge in [0.25, 0.3) is 0 Å². The lowest BCUT2D eigenvalue weighted by Gasteiger charge is -2.22. The van der Waals surface area contributed by atoms with E-state index in [1.807, 2.05) is 15.9 Å². The molecule has 0 bridgehead atoms. The van der Waals surface area contributed by atoms with Gasteiger partial charge >= 0.3 is 0 Å². The Bertz CT molecular complexity index is 706. The standard InChI is InChI=1S/C23H32N2O3/c26-22(24-11-3-4-12-24)10-8-19-7-9-21-20(15-19)17-25(13-14-28-21)23(27)16-18-5-1-2-6-18/h7,9,15,18H,1-6,8,10-14,16-17H2. The maximum Gasteiger partial charge on any atom is 0.223 e. The molecule has 1 saturated heterocycles. The molecule has 0 aromatic heterocycles. The molecule has 0 unspecified atom stereocenters. The van der Waals surface area contributed by atoms with E-state index in [2.05, 4.69) is 12.1 Å². The lowest BCUT2D eigenvalue weighted by Crippen LogP contribution is -2.33. The number of amides is 2. The Balaban J connectivity index is 1.37. The summed E-state index contributed by atoms with van der Waals surface area (Å²) in [6.45, 7) is 3.65. The fourth-order valence-electron chi connectivity index (χ4n) is 4.78. The maximum absolute atomic E-state index is 12.8. The Hall–Kier alpha value is -2.04. The Labute approximate surface area is 168 Å². The van der Waals surface area contributed by atoms with Crippen LogP contribution in [0.5, 0.6) is 5.75 Å². The number of rotatable bonds is 5. The van der Waals surface area contributed by atoms with E-state index in [9.17, 15) is 9.59 Å². The lowest BCUT2D eigenvalue weighted by molar-refractivity contribution is -0.133. The van der Waals surface area contributed by atoms with Crippen molar-refractivity contribution in [2.75, 3.05) is 26.2 Å². The van der Waals surface area contributed by atoms with Gasteiger partial charge in [-0.1, -0.05) is 25.0 Å². The zero-order valence-corrected chi connectivity index (χ0v) is 16.8. The summed E-state index contributed by atoms with van der Waals surface area (Å²) >= 11 is 0. The van der Waals surface area contributed by atoms with E-state index < -0.39 is 0 Å². The molecule has 3 aliphatic rings. The molecule has 1 saturated carbocycles. The minimum absolute atomic E-state index is 0.261. The molecule has 2 amide bonds. The van der Waals surface area contributed by atoms with Gasteiger partial charge < -0.3 is 14.5 Å². The number of benzene rings is 1. The monoisotopic (exact) mass is 384 g/mol. The Morgan fingerprint density at radius 2 is 1.75 bits per heavy atom. The van der Waals surface area contributed by atoms with Gasteiger partial charge in [0.05, 0.1) is 6.54 Å². The van der Waals surface area contributed by atoms with Gasteiger partial charge in [-0.05, 0) is 49.7 Å². The first kappa shape index (κ1) is 19.3. The molecule has 0 N–H and O–H groups in total. The van der Waals surface area contributed by atoms with Gasteiger partial charge in [-0.3, -0.25) is 9.59 Å². The number of ether oxygens (including phenoxy) is 1. The van der Waals surface area contributed by atoms with Crippen LogP contribution in [-0.4, -0.2) is 47.9 Å². The van der Waals surface area contributed by atoms with E-state index in [-0.39, 0.29) is 11.8 Å². The van der Waals surface area contributed by atoms with Gasteiger partial charge in [-0.25, -0.2) is 0 Å². The fourth-order valence-corrected chi connectivity index (χ4v) is 4.78. The average Bonchev–Trinajstić information content (AvgIpc) is 3.37. The highest BCUT2D eigenvalue weighted by Crippen LogP contribution is 2.30. The number of carbonyl (C=O) groups is 2. The van der Waals surface area contributed by atoms with Crippen molar-refractivity contribution in [2.24, 2.45) is 5.92 Å². The van der Waals surface area contributed by atoms with E-state index in [0.29, 0.717) is 38.5 Å². The van der Waals surface area contributed by atoms with Gasteiger partial charge in [0, 0.05) is 38.0 Å². The summed E-state index contributed by atoms with van der Waals surface area (Å²) in [6.07, 6.45) is 9.18. The zero-order valence-electron chi connectivity index (χ0n) is 16.8. The number of hydrogen-bond donors (Lipinski definition) is 0. The third kappa shape index (κ3) is 4.68. The van der Waals surface area contributed by atoms with Crippen LogP contribution in [0.2, 0.25) is 0 Å². The van der Waals surface area contributed by atoms with Crippen molar-refractivity contribution in [3.63, 3.8) is 0 Å². The number of fused-ring (bicyclic) bond motifs is 1. The van der Waals surface area contributed by atoms with E-state index in [1.165, 1.54) is 25.7 Å². The van der Waals surface area contributed by atoms with Crippen LogP contribution in [0, 0.1) is 5.92 Å². The van der Waals surface area contributed by atoms with Gasteiger partial charge in [-0.15, -0.1) is 0 Å². The quantitative estimate of drug-likeness (QED) is 0.780. The first-order chi connectivity index (χ1) is 13.7. The van der Waals surface area contributed by atoms with E-state index in [0.717, 1.165) is 49.2 Å². The van der Waals surface area contributed by atoms with Crippen LogP contribution < -0.4 is 4.74 Å². The van der Waals surface area contributed by atoms with Crippen LogP contribution in [0.3, 0.4) is 0 Å². The molecule has 1 aromatic rings. The normalized spacial score (nSPS) is 20.0. The average molecular weight is 385 g/mol. The number of aryl methyl sites for hydroxylation is 1. The molecule has 0 radical (unpaired) electrons. The van der Waals surface area contributed by atoms with Crippen molar-refractivity contribution in [3.8, 4) is 5.75 Å².